The minimum absolute atomic E-state index is 0.0579. The van der Waals surface area contributed by atoms with Crippen LogP contribution in [-0.2, 0) is 6.54 Å². The van der Waals surface area contributed by atoms with Crippen molar-refractivity contribution in [3.63, 3.8) is 0 Å². The summed E-state index contributed by atoms with van der Waals surface area (Å²) in [6.07, 6.45) is 0.854. The number of carbonyl (C=O) groups is 1. The van der Waals surface area contributed by atoms with Gasteiger partial charge in [-0.15, -0.1) is 0 Å². The highest BCUT2D eigenvalue weighted by atomic mass is 16.5. The summed E-state index contributed by atoms with van der Waals surface area (Å²) >= 11 is 0. The van der Waals surface area contributed by atoms with E-state index >= 15 is 0 Å². The molecule has 1 unspecified atom stereocenters. The first-order chi connectivity index (χ1) is 17.9. The SMILES string of the molecule is CCC(C)N(Cc1c(C)nn(-c2ccccc2)c1N1CCN(CC)CC1)C(=O)Nc1ccc(OC)cc1. The van der Waals surface area contributed by atoms with Crippen molar-refractivity contribution >= 4 is 17.5 Å². The fraction of sp³-hybridized carbons (Fsp3) is 0.448. The first-order valence-electron chi connectivity index (χ1n) is 13.3. The molecule has 1 aromatic heterocycles. The van der Waals surface area contributed by atoms with Gasteiger partial charge < -0.3 is 24.8 Å². The summed E-state index contributed by atoms with van der Waals surface area (Å²) in [5.74, 6) is 1.85. The molecule has 0 bridgehead atoms. The van der Waals surface area contributed by atoms with Gasteiger partial charge in [0.2, 0.25) is 0 Å². The third kappa shape index (κ3) is 6.07. The van der Waals surface area contributed by atoms with Crippen LogP contribution in [0.1, 0.15) is 38.4 Å². The molecular formula is C29H40N6O2. The number of anilines is 2. The second-order valence-electron chi connectivity index (χ2n) is 9.60. The number of piperazine rings is 1. The monoisotopic (exact) mass is 504 g/mol. The van der Waals surface area contributed by atoms with Gasteiger partial charge in [0, 0.05) is 43.5 Å². The molecule has 8 heteroatoms. The Morgan fingerprint density at radius 1 is 1.05 bits per heavy atom. The van der Waals surface area contributed by atoms with E-state index in [0.717, 1.165) is 73.3 Å². The number of aryl methyl sites for hydroxylation is 1. The molecule has 0 spiro atoms. The Morgan fingerprint density at radius 3 is 2.32 bits per heavy atom. The lowest BCUT2D eigenvalue weighted by atomic mass is 10.1. The average molecular weight is 505 g/mol. The van der Waals surface area contributed by atoms with Gasteiger partial charge in [-0.3, -0.25) is 0 Å². The van der Waals surface area contributed by atoms with Crippen LogP contribution in [0, 0.1) is 6.92 Å². The number of hydrogen-bond acceptors (Lipinski definition) is 5. The maximum Gasteiger partial charge on any atom is 0.322 e. The second-order valence-corrected chi connectivity index (χ2v) is 9.60. The fourth-order valence-electron chi connectivity index (χ4n) is 4.77. The van der Waals surface area contributed by atoms with E-state index in [1.807, 2.05) is 47.4 Å². The Labute approximate surface area is 220 Å². The number of nitrogens with one attached hydrogen (secondary N) is 1. The number of likely N-dealkylation sites (N-methyl/N-ethyl adjacent to an activating group) is 1. The van der Waals surface area contributed by atoms with Crippen molar-refractivity contribution in [2.75, 3.05) is 50.1 Å². The number of amides is 2. The van der Waals surface area contributed by atoms with Gasteiger partial charge in [0.1, 0.15) is 11.6 Å². The van der Waals surface area contributed by atoms with Crippen molar-refractivity contribution in [3.8, 4) is 11.4 Å². The lowest BCUT2D eigenvalue weighted by molar-refractivity contribution is 0.187. The molecule has 8 nitrogen and oxygen atoms in total. The molecule has 0 radical (unpaired) electrons. The Hall–Kier alpha value is -3.52. The molecule has 1 atom stereocenters. The van der Waals surface area contributed by atoms with Crippen LogP contribution in [0.3, 0.4) is 0 Å². The third-order valence-electron chi connectivity index (χ3n) is 7.33. The largest absolute Gasteiger partial charge is 0.497 e. The summed E-state index contributed by atoms with van der Waals surface area (Å²) in [5, 5.41) is 8.07. The summed E-state index contributed by atoms with van der Waals surface area (Å²) in [6, 6.07) is 17.7. The van der Waals surface area contributed by atoms with Gasteiger partial charge in [0.05, 0.1) is 25.0 Å². The highest BCUT2D eigenvalue weighted by Crippen LogP contribution is 2.30. The van der Waals surface area contributed by atoms with E-state index in [9.17, 15) is 4.79 Å². The highest BCUT2D eigenvalue weighted by molar-refractivity contribution is 5.89. The molecule has 1 fully saturated rings. The maximum absolute atomic E-state index is 13.6. The summed E-state index contributed by atoms with van der Waals surface area (Å²) in [7, 11) is 1.63. The van der Waals surface area contributed by atoms with E-state index in [0.29, 0.717) is 6.54 Å². The molecule has 2 aromatic carbocycles. The van der Waals surface area contributed by atoms with Gasteiger partial charge in [0.25, 0.3) is 0 Å². The molecule has 198 valence electrons. The number of methoxy groups -OCH3 is 1. The van der Waals surface area contributed by atoms with Crippen LogP contribution in [0.4, 0.5) is 16.3 Å². The number of nitrogens with zero attached hydrogens (tertiary/aromatic N) is 5. The minimum Gasteiger partial charge on any atom is -0.497 e. The standard InChI is InChI=1S/C29H40N6O2/c1-6-22(3)34(29(36)30-24-13-15-26(37-5)16-14-24)21-27-23(4)31-35(25-11-9-8-10-12-25)28(27)33-19-17-32(7-2)18-20-33/h8-16,22H,6-7,17-21H2,1-5H3,(H,30,36). The predicted octanol–water partition coefficient (Wildman–Crippen LogP) is 5.16. The normalized spacial score (nSPS) is 14.9. The van der Waals surface area contributed by atoms with E-state index in [1.54, 1.807) is 7.11 Å². The quantitative estimate of drug-likeness (QED) is 0.436. The van der Waals surface area contributed by atoms with Gasteiger partial charge in [0.15, 0.2) is 0 Å². The Balaban J connectivity index is 1.67. The lowest BCUT2D eigenvalue weighted by Crippen LogP contribution is -2.47. The van der Waals surface area contributed by atoms with Crippen molar-refractivity contribution in [1.29, 1.82) is 0 Å². The first kappa shape index (κ1) is 26.5. The van der Waals surface area contributed by atoms with E-state index in [1.165, 1.54) is 0 Å². The van der Waals surface area contributed by atoms with E-state index in [4.69, 9.17) is 9.84 Å². The summed E-state index contributed by atoms with van der Waals surface area (Å²) < 4.78 is 7.31. The number of urea groups is 1. The minimum atomic E-state index is -0.117. The van der Waals surface area contributed by atoms with Crippen molar-refractivity contribution < 1.29 is 9.53 Å². The zero-order valence-electron chi connectivity index (χ0n) is 22.8. The lowest BCUT2D eigenvalue weighted by Gasteiger charge is -2.37. The molecule has 1 N–H and O–H groups in total. The van der Waals surface area contributed by atoms with Crippen LogP contribution in [-0.4, -0.2) is 71.5 Å². The Kier molecular flexibility index (Phi) is 8.71. The summed E-state index contributed by atoms with van der Waals surface area (Å²) in [5.41, 5.74) is 3.82. The zero-order valence-corrected chi connectivity index (χ0v) is 22.8. The summed E-state index contributed by atoms with van der Waals surface area (Å²) in [4.78, 5) is 20.4. The van der Waals surface area contributed by atoms with Crippen LogP contribution in [0.15, 0.2) is 54.6 Å². The van der Waals surface area contributed by atoms with Gasteiger partial charge in [-0.2, -0.15) is 5.10 Å². The maximum atomic E-state index is 13.6. The van der Waals surface area contributed by atoms with Crippen LogP contribution in [0.5, 0.6) is 5.75 Å². The zero-order chi connectivity index (χ0) is 26.4. The number of rotatable bonds is 9. The Morgan fingerprint density at radius 2 is 1.73 bits per heavy atom. The summed E-state index contributed by atoms with van der Waals surface area (Å²) in [6.45, 7) is 13.9. The van der Waals surface area contributed by atoms with E-state index in [2.05, 4.69) is 59.6 Å². The number of aromatic nitrogens is 2. The number of para-hydroxylation sites is 1. The highest BCUT2D eigenvalue weighted by Gasteiger charge is 2.29. The number of ether oxygens (including phenoxy) is 1. The molecule has 0 aliphatic carbocycles. The van der Waals surface area contributed by atoms with E-state index in [-0.39, 0.29) is 12.1 Å². The molecule has 3 aromatic rings. The van der Waals surface area contributed by atoms with Gasteiger partial charge in [-0.1, -0.05) is 32.0 Å². The Bertz CT molecular complexity index is 1150. The molecular weight excluding hydrogens is 464 g/mol. The molecule has 37 heavy (non-hydrogen) atoms. The molecule has 1 aliphatic rings. The molecule has 1 aliphatic heterocycles. The average Bonchev–Trinajstić information content (AvgIpc) is 3.27. The van der Waals surface area contributed by atoms with Crippen molar-refractivity contribution in [1.82, 2.24) is 19.6 Å². The smallest absolute Gasteiger partial charge is 0.322 e. The van der Waals surface area contributed by atoms with Crippen LogP contribution in [0.25, 0.3) is 5.69 Å². The van der Waals surface area contributed by atoms with Crippen molar-refractivity contribution in [2.45, 2.75) is 46.7 Å². The van der Waals surface area contributed by atoms with Crippen LogP contribution in [0.2, 0.25) is 0 Å². The second kappa shape index (κ2) is 12.1. The van der Waals surface area contributed by atoms with Gasteiger partial charge >= 0.3 is 6.03 Å². The van der Waals surface area contributed by atoms with Crippen LogP contribution < -0.4 is 15.0 Å². The first-order valence-corrected chi connectivity index (χ1v) is 13.3. The van der Waals surface area contributed by atoms with Crippen molar-refractivity contribution in [2.24, 2.45) is 0 Å². The molecule has 0 saturated carbocycles. The number of benzene rings is 2. The molecule has 2 heterocycles. The van der Waals surface area contributed by atoms with Crippen LogP contribution >= 0.6 is 0 Å². The van der Waals surface area contributed by atoms with Gasteiger partial charge in [-0.05, 0) is 63.2 Å². The van der Waals surface area contributed by atoms with Crippen molar-refractivity contribution in [3.05, 3.63) is 65.9 Å². The molecule has 4 rings (SSSR count). The fourth-order valence-corrected chi connectivity index (χ4v) is 4.77. The van der Waals surface area contributed by atoms with E-state index < -0.39 is 0 Å². The predicted molar refractivity (Wildman–Crippen MR) is 150 cm³/mol. The molecule has 2 amide bonds. The topological polar surface area (TPSA) is 65.9 Å². The third-order valence-corrected chi connectivity index (χ3v) is 7.33. The molecule has 1 saturated heterocycles. The number of carbonyl (C=O) groups excluding carboxylic acids is 1. The van der Waals surface area contributed by atoms with Gasteiger partial charge in [-0.25, -0.2) is 9.48 Å². The number of hydrogen-bond donors (Lipinski definition) is 1.